The Kier molecular flexibility index (Phi) is 8.15. The molecule has 11 heteroatoms. The summed E-state index contributed by atoms with van der Waals surface area (Å²) in [6.45, 7) is 3.73. The molecule has 0 saturated heterocycles. The third kappa shape index (κ3) is 7.16. The number of hydrogen-bond acceptors (Lipinski definition) is 9. The number of hydrazone groups is 1. The van der Waals surface area contributed by atoms with Crippen LogP contribution < -0.4 is 5.43 Å². The first-order chi connectivity index (χ1) is 14.9. The molecule has 1 amide bonds. The molecule has 1 heterocycles. The Bertz CT molecular complexity index is 1100. The van der Waals surface area contributed by atoms with Gasteiger partial charge in [0.2, 0.25) is 0 Å². The van der Waals surface area contributed by atoms with Crippen molar-refractivity contribution in [3.8, 4) is 0 Å². The van der Waals surface area contributed by atoms with Gasteiger partial charge in [0.25, 0.3) is 11.6 Å². The molecule has 0 spiro atoms. The number of nitrogens with zero attached hydrogens (tertiary/aromatic N) is 4. The average molecular weight is 474 g/mol. The number of thioether (sulfide) groups is 2. The summed E-state index contributed by atoms with van der Waals surface area (Å²) >= 11 is 4.35. The van der Waals surface area contributed by atoms with Crippen molar-refractivity contribution in [2.45, 2.75) is 28.3 Å². The Balaban J connectivity index is 1.46. The van der Waals surface area contributed by atoms with Crippen molar-refractivity contribution in [3.63, 3.8) is 0 Å². The van der Waals surface area contributed by atoms with Gasteiger partial charge in [-0.1, -0.05) is 76.8 Å². The van der Waals surface area contributed by atoms with Crippen LogP contribution in [-0.2, 0) is 10.5 Å². The standard InChI is InChI=1S/C20H19N5O3S3/c1-13-6-8-15(9-7-13)11-29-19-23-24-20(31-19)30-12-18(26)22-21-14(2)16-4-3-5-17(10-16)25(27)28/h3-10H,11-12H2,1-2H3,(H,22,26)/b21-14+. The molecule has 0 bridgehead atoms. The number of nitrogens with one attached hydrogen (secondary N) is 1. The van der Waals surface area contributed by atoms with Gasteiger partial charge in [-0.25, -0.2) is 5.43 Å². The molecule has 0 radical (unpaired) electrons. The van der Waals surface area contributed by atoms with Crippen molar-refractivity contribution < 1.29 is 9.72 Å². The molecule has 0 aliphatic carbocycles. The molecule has 0 fully saturated rings. The first-order valence-corrected chi connectivity index (χ1v) is 11.9. The molecule has 8 nitrogen and oxygen atoms in total. The van der Waals surface area contributed by atoms with E-state index in [-0.39, 0.29) is 17.3 Å². The second-order valence-electron chi connectivity index (χ2n) is 6.44. The second-order valence-corrected chi connectivity index (χ2v) is 9.86. The Morgan fingerprint density at radius 2 is 1.87 bits per heavy atom. The summed E-state index contributed by atoms with van der Waals surface area (Å²) in [6, 6.07) is 14.5. The molecule has 0 atom stereocenters. The largest absolute Gasteiger partial charge is 0.272 e. The van der Waals surface area contributed by atoms with E-state index in [0.717, 1.165) is 10.1 Å². The highest BCUT2D eigenvalue weighted by Crippen LogP contribution is 2.30. The number of rotatable bonds is 9. The molecule has 1 aromatic heterocycles. The fraction of sp³-hybridized carbons (Fsp3) is 0.200. The van der Waals surface area contributed by atoms with E-state index >= 15 is 0 Å². The number of non-ortho nitro benzene ring substituents is 1. The smallest absolute Gasteiger partial charge is 0.270 e. The van der Waals surface area contributed by atoms with Crippen molar-refractivity contribution in [1.82, 2.24) is 15.6 Å². The minimum atomic E-state index is -0.471. The topological polar surface area (TPSA) is 110 Å². The van der Waals surface area contributed by atoms with Crippen LogP contribution in [0.3, 0.4) is 0 Å². The number of benzene rings is 2. The van der Waals surface area contributed by atoms with Crippen LogP contribution in [0.2, 0.25) is 0 Å². The Morgan fingerprint density at radius 3 is 2.58 bits per heavy atom. The summed E-state index contributed by atoms with van der Waals surface area (Å²) in [5, 5.41) is 23.2. The lowest BCUT2D eigenvalue weighted by Gasteiger charge is -2.02. The first-order valence-electron chi connectivity index (χ1n) is 9.13. The van der Waals surface area contributed by atoms with E-state index in [1.807, 2.05) is 0 Å². The highest BCUT2D eigenvalue weighted by atomic mass is 32.2. The predicted octanol–water partition coefficient (Wildman–Crippen LogP) is 4.68. The normalized spacial score (nSPS) is 11.4. The van der Waals surface area contributed by atoms with E-state index in [1.165, 1.54) is 46.4 Å². The fourth-order valence-electron chi connectivity index (χ4n) is 2.36. The van der Waals surface area contributed by atoms with Crippen LogP contribution in [0.1, 0.15) is 23.6 Å². The zero-order valence-corrected chi connectivity index (χ0v) is 19.2. The molecular weight excluding hydrogens is 454 g/mol. The minimum Gasteiger partial charge on any atom is -0.272 e. The zero-order valence-electron chi connectivity index (χ0n) is 16.8. The second kappa shape index (κ2) is 11.0. The van der Waals surface area contributed by atoms with E-state index in [2.05, 4.69) is 51.9 Å². The lowest BCUT2D eigenvalue weighted by Crippen LogP contribution is -2.21. The van der Waals surface area contributed by atoms with Gasteiger partial charge in [0.15, 0.2) is 8.68 Å². The van der Waals surface area contributed by atoms with Gasteiger partial charge in [-0.15, -0.1) is 10.2 Å². The lowest BCUT2D eigenvalue weighted by molar-refractivity contribution is -0.384. The number of carbonyl (C=O) groups is 1. The highest BCUT2D eigenvalue weighted by Gasteiger charge is 2.10. The van der Waals surface area contributed by atoms with Gasteiger partial charge in [0, 0.05) is 23.4 Å². The van der Waals surface area contributed by atoms with E-state index in [9.17, 15) is 14.9 Å². The van der Waals surface area contributed by atoms with Crippen molar-refractivity contribution in [1.29, 1.82) is 0 Å². The van der Waals surface area contributed by atoms with Crippen LogP contribution in [0.15, 0.2) is 62.3 Å². The van der Waals surface area contributed by atoms with Gasteiger partial charge in [-0.3, -0.25) is 14.9 Å². The summed E-state index contributed by atoms with van der Waals surface area (Å²) in [5.41, 5.74) is 5.94. The lowest BCUT2D eigenvalue weighted by atomic mass is 10.1. The maximum atomic E-state index is 12.1. The van der Waals surface area contributed by atoms with Crippen LogP contribution in [0, 0.1) is 17.0 Å². The maximum absolute atomic E-state index is 12.1. The van der Waals surface area contributed by atoms with Crippen molar-refractivity contribution >= 4 is 52.2 Å². The summed E-state index contributed by atoms with van der Waals surface area (Å²) in [6.07, 6.45) is 0. The Morgan fingerprint density at radius 1 is 1.16 bits per heavy atom. The van der Waals surface area contributed by atoms with Gasteiger partial charge in [-0.05, 0) is 19.4 Å². The van der Waals surface area contributed by atoms with Gasteiger partial charge in [0.1, 0.15) is 0 Å². The van der Waals surface area contributed by atoms with E-state index < -0.39 is 4.92 Å². The van der Waals surface area contributed by atoms with Crippen LogP contribution in [0.4, 0.5) is 5.69 Å². The van der Waals surface area contributed by atoms with Crippen molar-refractivity contribution in [2.24, 2.45) is 5.10 Å². The van der Waals surface area contributed by atoms with Crippen molar-refractivity contribution in [2.75, 3.05) is 5.75 Å². The number of amides is 1. The average Bonchev–Trinajstić information content (AvgIpc) is 3.23. The fourth-order valence-corrected chi connectivity index (χ4v) is 5.13. The minimum absolute atomic E-state index is 0.0266. The number of nitro benzene ring substituents is 1. The molecule has 0 aliphatic heterocycles. The van der Waals surface area contributed by atoms with Gasteiger partial charge >= 0.3 is 0 Å². The number of nitro groups is 1. The molecule has 1 N–H and O–H groups in total. The Hall–Kier alpha value is -2.76. The molecule has 31 heavy (non-hydrogen) atoms. The summed E-state index contributed by atoms with van der Waals surface area (Å²) in [4.78, 5) is 22.5. The van der Waals surface area contributed by atoms with Gasteiger partial charge < -0.3 is 0 Å². The molecule has 0 unspecified atom stereocenters. The van der Waals surface area contributed by atoms with Gasteiger partial charge in [0.05, 0.1) is 16.4 Å². The summed E-state index contributed by atoms with van der Waals surface area (Å²) in [5.74, 6) is 0.660. The maximum Gasteiger partial charge on any atom is 0.270 e. The van der Waals surface area contributed by atoms with Crippen LogP contribution in [-0.4, -0.2) is 32.5 Å². The number of aromatic nitrogens is 2. The predicted molar refractivity (Wildman–Crippen MR) is 125 cm³/mol. The van der Waals surface area contributed by atoms with Crippen LogP contribution >= 0.6 is 34.9 Å². The van der Waals surface area contributed by atoms with E-state index in [0.29, 0.717) is 15.6 Å². The van der Waals surface area contributed by atoms with Crippen molar-refractivity contribution in [3.05, 3.63) is 75.3 Å². The molecule has 2 aromatic carbocycles. The van der Waals surface area contributed by atoms with Gasteiger partial charge in [-0.2, -0.15) is 5.10 Å². The number of hydrogen-bond donors (Lipinski definition) is 1. The molecular formula is C20H19N5O3S3. The molecule has 3 rings (SSSR count). The molecule has 3 aromatic rings. The third-order valence-electron chi connectivity index (χ3n) is 4.02. The quantitative estimate of drug-likeness (QED) is 0.208. The zero-order chi connectivity index (χ0) is 22.2. The SMILES string of the molecule is C/C(=N\NC(=O)CSc1nnc(SCc2ccc(C)cc2)s1)c1cccc([N+](=O)[O-])c1. The Labute approximate surface area is 191 Å². The molecule has 0 saturated carbocycles. The van der Waals surface area contributed by atoms with Crippen LogP contribution in [0.25, 0.3) is 0 Å². The van der Waals surface area contributed by atoms with E-state index in [1.54, 1.807) is 30.8 Å². The van der Waals surface area contributed by atoms with E-state index in [4.69, 9.17) is 0 Å². The summed E-state index contributed by atoms with van der Waals surface area (Å²) in [7, 11) is 0. The highest BCUT2D eigenvalue weighted by molar-refractivity contribution is 8.03. The summed E-state index contributed by atoms with van der Waals surface area (Å²) < 4.78 is 1.56. The monoisotopic (exact) mass is 473 g/mol. The third-order valence-corrected chi connectivity index (χ3v) is 7.28. The van der Waals surface area contributed by atoms with Crippen LogP contribution in [0.5, 0.6) is 0 Å². The number of carbonyl (C=O) groups excluding carboxylic acids is 1. The first kappa shape index (κ1) is 22.9. The molecule has 0 aliphatic rings. The molecule has 160 valence electrons. The number of aryl methyl sites for hydroxylation is 1.